The molecule has 0 fully saturated rings. The molecule has 0 atom stereocenters. The zero-order valence-electron chi connectivity index (χ0n) is 10.5. The van der Waals surface area contributed by atoms with Crippen LogP contribution in [0.15, 0.2) is 0 Å². The maximum absolute atomic E-state index is 11.3. The molecule has 0 bridgehead atoms. The van der Waals surface area contributed by atoms with Crippen LogP contribution in [0.5, 0.6) is 0 Å². The largest absolute Gasteiger partial charge is 0.481 e. The molecule has 0 saturated heterocycles. The summed E-state index contributed by atoms with van der Waals surface area (Å²) in [6.45, 7) is 1.70. The molecule has 0 spiro atoms. The van der Waals surface area contributed by atoms with E-state index in [0.717, 1.165) is 0 Å². The van der Waals surface area contributed by atoms with E-state index in [1.165, 1.54) is 0 Å². The summed E-state index contributed by atoms with van der Waals surface area (Å²) in [5, 5.41) is 8.37. The molecule has 0 rings (SSSR count). The minimum absolute atomic E-state index is 0.0512. The molecule has 18 heavy (non-hydrogen) atoms. The molecule has 0 aromatic heterocycles. The average Bonchev–Trinajstić information content (AvgIpc) is 2.30. The molecule has 1 N–H and O–H groups in total. The maximum atomic E-state index is 11.3. The van der Waals surface area contributed by atoms with Gasteiger partial charge in [-0.15, -0.1) is 0 Å². The van der Waals surface area contributed by atoms with Gasteiger partial charge in [-0.05, 0) is 0 Å². The summed E-state index contributed by atoms with van der Waals surface area (Å²) in [7, 11) is -1.77. The van der Waals surface area contributed by atoms with E-state index in [1.807, 2.05) is 0 Å². The lowest BCUT2D eigenvalue weighted by atomic mass is 10.5. The molecule has 0 aromatic carbocycles. The first kappa shape index (κ1) is 17.3. The number of sulfone groups is 1. The smallest absolute Gasteiger partial charge is 0.304 e. The molecule has 8 heteroatoms. The third-order valence-electron chi connectivity index (χ3n) is 1.97. The summed E-state index contributed by atoms with van der Waals surface area (Å²) in [6.07, 6.45) is -0.373. The van der Waals surface area contributed by atoms with Crippen LogP contribution in [-0.2, 0) is 28.8 Å². The number of ether oxygens (including phenoxy) is 3. The summed E-state index contributed by atoms with van der Waals surface area (Å²) < 4.78 is 37.6. The van der Waals surface area contributed by atoms with Crippen LogP contribution in [-0.4, -0.2) is 71.1 Å². The zero-order valence-corrected chi connectivity index (χ0v) is 11.3. The van der Waals surface area contributed by atoms with Gasteiger partial charge in [-0.2, -0.15) is 0 Å². The first-order chi connectivity index (χ1) is 8.48. The van der Waals surface area contributed by atoms with E-state index >= 15 is 0 Å². The van der Waals surface area contributed by atoms with E-state index in [0.29, 0.717) is 26.4 Å². The minimum atomic E-state index is -3.34. The Kier molecular flexibility index (Phi) is 9.85. The Balaban J connectivity index is 3.44. The normalized spacial score (nSPS) is 11.6. The van der Waals surface area contributed by atoms with E-state index in [-0.39, 0.29) is 24.5 Å². The molecule has 0 heterocycles. The zero-order chi connectivity index (χ0) is 13.9. The van der Waals surface area contributed by atoms with Crippen LogP contribution in [0.4, 0.5) is 0 Å². The summed E-state index contributed by atoms with van der Waals surface area (Å²) in [6, 6.07) is 0. The summed E-state index contributed by atoms with van der Waals surface area (Å²) in [5.41, 5.74) is 0. The van der Waals surface area contributed by atoms with E-state index in [2.05, 4.69) is 0 Å². The molecule has 0 aromatic rings. The fraction of sp³-hybridized carbons (Fsp3) is 0.900. The number of hydrogen-bond donors (Lipinski definition) is 1. The van der Waals surface area contributed by atoms with Gasteiger partial charge in [-0.3, -0.25) is 4.79 Å². The Bertz CT molecular complexity index is 312. The Morgan fingerprint density at radius 2 is 1.56 bits per heavy atom. The van der Waals surface area contributed by atoms with Gasteiger partial charge in [0.2, 0.25) is 0 Å². The topological polar surface area (TPSA) is 99.1 Å². The first-order valence-corrected chi connectivity index (χ1v) is 7.36. The third kappa shape index (κ3) is 11.8. The number of carbonyl (C=O) groups is 1. The summed E-state index contributed by atoms with van der Waals surface area (Å²) >= 11 is 0. The number of rotatable bonds is 12. The maximum Gasteiger partial charge on any atom is 0.304 e. The molecule has 0 unspecified atom stereocenters. The van der Waals surface area contributed by atoms with Crippen molar-refractivity contribution in [2.45, 2.75) is 6.42 Å². The van der Waals surface area contributed by atoms with Crippen molar-refractivity contribution in [2.75, 3.05) is 51.6 Å². The number of methoxy groups -OCH3 is 1. The summed E-state index contributed by atoms with van der Waals surface area (Å²) in [5.74, 6) is -1.64. The molecule has 0 amide bonds. The third-order valence-corrected chi connectivity index (χ3v) is 3.58. The van der Waals surface area contributed by atoms with Crippen LogP contribution in [0, 0.1) is 0 Å². The highest BCUT2D eigenvalue weighted by Gasteiger charge is 2.12. The lowest BCUT2D eigenvalue weighted by Gasteiger charge is -2.06. The van der Waals surface area contributed by atoms with Gasteiger partial charge in [0.05, 0.1) is 51.0 Å². The lowest BCUT2D eigenvalue weighted by Crippen LogP contribution is -2.19. The molecule has 0 aliphatic rings. The Morgan fingerprint density at radius 3 is 2.11 bits per heavy atom. The van der Waals surface area contributed by atoms with Gasteiger partial charge in [0.25, 0.3) is 0 Å². The van der Waals surface area contributed by atoms with Crippen molar-refractivity contribution in [3.8, 4) is 0 Å². The van der Waals surface area contributed by atoms with Crippen LogP contribution in [0.25, 0.3) is 0 Å². The van der Waals surface area contributed by atoms with E-state index in [4.69, 9.17) is 19.3 Å². The lowest BCUT2D eigenvalue weighted by molar-refractivity contribution is -0.136. The monoisotopic (exact) mass is 284 g/mol. The van der Waals surface area contributed by atoms with E-state index in [1.54, 1.807) is 7.11 Å². The predicted octanol–water partition coefficient (Wildman–Crippen LogP) is -0.444. The van der Waals surface area contributed by atoms with Crippen LogP contribution >= 0.6 is 0 Å². The Labute approximate surface area is 107 Å². The van der Waals surface area contributed by atoms with Crippen molar-refractivity contribution < 1.29 is 32.5 Å². The van der Waals surface area contributed by atoms with Crippen molar-refractivity contribution in [3.05, 3.63) is 0 Å². The molecule has 0 aliphatic heterocycles. The highest BCUT2D eigenvalue weighted by Crippen LogP contribution is 1.95. The van der Waals surface area contributed by atoms with Gasteiger partial charge in [-0.25, -0.2) is 8.42 Å². The quantitative estimate of drug-likeness (QED) is 0.485. The van der Waals surface area contributed by atoms with Crippen molar-refractivity contribution in [3.63, 3.8) is 0 Å². The fourth-order valence-corrected chi connectivity index (χ4v) is 2.06. The van der Waals surface area contributed by atoms with Crippen LogP contribution < -0.4 is 0 Å². The number of hydrogen-bond acceptors (Lipinski definition) is 6. The van der Waals surface area contributed by atoms with Gasteiger partial charge in [0, 0.05) is 7.11 Å². The predicted molar refractivity (Wildman–Crippen MR) is 64.4 cm³/mol. The number of aliphatic carboxylic acids is 1. The SMILES string of the molecule is COCCOCCOCCS(=O)(=O)CCC(=O)O. The van der Waals surface area contributed by atoms with Crippen molar-refractivity contribution in [1.29, 1.82) is 0 Å². The molecule has 0 radical (unpaired) electrons. The second kappa shape index (κ2) is 10.2. The molecule has 0 saturated carbocycles. The standard InChI is InChI=1S/C10H20O7S/c1-15-3-4-16-5-6-17-7-9-18(13,14)8-2-10(11)12/h2-9H2,1H3,(H,11,12). The van der Waals surface area contributed by atoms with Gasteiger partial charge >= 0.3 is 5.97 Å². The van der Waals surface area contributed by atoms with Crippen molar-refractivity contribution in [2.24, 2.45) is 0 Å². The second-order valence-electron chi connectivity index (χ2n) is 3.51. The molecular formula is C10H20O7S. The molecule has 108 valence electrons. The van der Waals surface area contributed by atoms with Crippen molar-refractivity contribution >= 4 is 15.8 Å². The highest BCUT2D eigenvalue weighted by atomic mass is 32.2. The Hall–Kier alpha value is -0.700. The number of carboxylic acid groups (broad SMARTS) is 1. The Morgan fingerprint density at radius 1 is 1.00 bits per heavy atom. The fourth-order valence-electron chi connectivity index (χ4n) is 0.995. The minimum Gasteiger partial charge on any atom is -0.481 e. The molecular weight excluding hydrogens is 264 g/mol. The van der Waals surface area contributed by atoms with E-state index in [9.17, 15) is 13.2 Å². The van der Waals surface area contributed by atoms with Crippen LogP contribution in [0.2, 0.25) is 0 Å². The van der Waals surface area contributed by atoms with Gasteiger partial charge in [0.1, 0.15) is 0 Å². The van der Waals surface area contributed by atoms with Gasteiger partial charge in [-0.1, -0.05) is 0 Å². The average molecular weight is 284 g/mol. The van der Waals surface area contributed by atoms with Crippen LogP contribution in [0.1, 0.15) is 6.42 Å². The van der Waals surface area contributed by atoms with E-state index < -0.39 is 15.8 Å². The highest BCUT2D eigenvalue weighted by molar-refractivity contribution is 7.91. The molecule has 0 aliphatic carbocycles. The van der Waals surface area contributed by atoms with Gasteiger partial charge in [0.15, 0.2) is 9.84 Å². The first-order valence-electron chi connectivity index (χ1n) is 5.54. The van der Waals surface area contributed by atoms with Crippen molar-refractivity contribution in [1.82, 2.24) is 0 Å². The number of carboxylic acids is 1. The second-order valence-corrected chi connectivity index (χ2v) is 5.82. The van der Waals surface area contributed by atoms with Gasteiger partial charge < -0.3 is 19.3 Å². The van der Waals surface area contributed by atoms with Crippen LogP contribution in [0.3, 0.4) is 0 Å². The molecule has 7 nitrogen and oxygen atoms in total. The summed E-state index contributed by atoms with van der Waals surface area (Å²) in [4.78, 5) is 10.2.